The van der Waals surface area contributed by atoms with E-state index >= 15 is 0 Å². The summed E-state index contributed by atoms with van der Waals surface area (Å²) in [5, 5.41) is 3.43. The van der Waals surface area contributed by atoms with Crippen molar-refractivity contribution >= 4 is 5.82 Å². The summed E-state index contributed by atoms with van der Waals surface area (Å²) in [4.78, 5) is 10.9. The topological polar surface area (TPSA) is 83.8 Å². The molecule has 0 spiro atoms. The quantitative estimate of drug-likeness (QED) is 0.458. The Morgan fingerprint density at radius 2 is 2.00 bits per heavy atom. The van der Waals surface area contributed by atoms with Crippen LogP contribution >= 0.6 is 0 Å². The van der Waals surface area contributed by atoms with Crippen LogP contribution in [0.5, 0.6) is 5.75 Å². The molecule has 2 aromatic rings. The van der Waals surface area contributed by atoms with Gasteiger partial charge in [0.15, 0.2) is 5.82 Å². The predicted molar refractivity (Wildman–Crippen MR) is 62.8 cm³/mol. The highest BCUT2D eigenvalue weighted by Crippen LogP contribution is 2.20. The molecule has 84 valence electrons. The molecule has 0 atom stereocenters. The van der Waals surface area contributed by atoms with Crippen LogP contribution in [-0.2, 0) is 0 Å². The summed E-state index contributed by atoms with van der Waals surface area (Å²) in [6.45, 7) is 0. The molecule has 1 aromatic heterocycles. The lowest BCUT2D eigenvalue weighted by Gasteiger charge is -2.02. The zero-order chi connectivity index (χ0) is 12.1. The predicted octanol–water partition coefficient (Wildman–Crippen LogP) is 3.09. The van der Waals surface area contributed by atoms with Crippen LogP contribution in [0.15, 0.2) is 41.6 Å². The maximum atomic E-state index is 8.33. The maximum absolute atomic E-state index is 8.33. The lowest BCUT2D eigenvalue weighted by molar-refractivity contribution is 0.415. The molecule has 0 aliphatic heterocycles. The van der Waals surface area contributed by atoms with Crippen molar-refractivity contribution in [2.45, 2.75) is 0 Å². The average molecular weight is 227 g/mol. The lowest BCUT2D eigenvalue weighted by Crippen LogP contribution is -1.88. The molecular weight excluding hydrogens is 218 g/mol. The number of azide groups is 1. The van der Waals surface area contributed by atoms with Crippen molar-refractivity contribution in [3.63, 3.8) is 0 Å². The number of rotatable bonds is 3. The SMILES string of the molecule is COc1ccc(-c2nccc(N=[N+]=[N-])n2)cc1. The Hall–Kier alpha value is -2.59. The molecule has 0 radical (unpaired) electrons. The van der Waals surface area contributed by atoms with Crippen molar-refractivity contribution in [1.29, 1.82) is 0 Å². The van der Waals surface area contributed by atoms with Crippen LogP contribution < -0.4 is 4.74 Å². The maximum Gasteiger partial charge on any atom is 0.159 e. The molecule has 0 bridgehead atoms. The molecule has 1 heterocycles. The van der Waals surface area contributed by atoms with Gasteiger partial charge in [-0.15, -0.1) is 0 Å². The van der Waals surface area contributed by atoms with Gasteiger partial charge in [-0.3, -0.25) is 0 Å². The van der Waals surface area contributed by atoms with E-state index < -0.39 is 0 Å². The zero-order valence-corrected chi connectivity index (χ0v) is 9.11. The van der Waals surface area contributed by atoms with E-state index in [4.69, 9.17) is 10.3 Å². The van der Waals surface area contributed by atoms with Gasteiger partial charge in [0.1, 0.15) is 11.6 Å². The first-order valence-electron chi connectivity index (χ1n) is 4.86. The molecular formula is C11H9N5O. The van der Waals surface area contributed by atoms with Gasteiger partial charge in [0.25, 0.3) is 0 Å². The van der Waals surface area contributed by atoms with Gasteiger partial charge >= 0.3 is 0 Å². The molecule has 17 heavy (non-hydrogen) atoms. The molecule has 0 aliphatic rings. The first kappa shape index (κ1) is 10.9. The molecule has 2 rings (SSSR count). The summed E-state index contributed by atoms with van der Waals surface area (Å²) >= 11 is 0. The Kier molecular flexibility index (Phi) is 3.18. The molecule has 0 amide bonds. The van der Waals surface area contributed by atoms with Crippen LogP contribution in [0, 0.1) is 0 Å². The van der Waals surface area contributed by atoms with Crippen LogP contribution in [0.2, 0.25) is 0 Å². The lowest BCUT2D eigenvalue weighted by atomic mass is 10.2. The molecule has 0 unspecified atom stereocenters. The Labute approximate surface area is 97.5 Å². The Morgan fingerprint density at radius 1 is 1.24 bits per heavy atom. The van der Waals surface area contributed by atoms with E-state index in [2.05, 4.69) is 20.0 Å². The standard InChI is InChI=1S/C11H9N5O/c1-17-9-4-2-8(3-5-9)11-13-7-6-10(14-11)15-16-12/h2-7H,1H3. The Bertz CT molecular complexity index is 560. The number of benzene rings is 1. The Morgan fingerprint density at radius 3 is 2.65 bits per heavy atom. The van der Waals surface area contributed by atoms with Gasteiger partial charge < -0.3 is 4.74 Å². The summed E-state index contributed by atoms with van der Waals surface area (Å²) in [7, 11) is 1.60. The van der Waals surface area contributed by atoms with E-state index in [0.29, 0.717) is 11.6 Å². The minimum Gasteiger partial charge on any atom is -0.497 e. The number of hydrogen-bond acceptors (Lipinski definition) is 4. The van der Waals surface area contributed by atoms with Gasteiger partial charge in [0, 0.05) is 16.7 Å². The van der Waals surface area contributed by atoms with E-state index in [0.717, 1.165) is 11.3 Å². The summed E-state index contributed by atoms with van der Waals surface area (Å²) < 4.78 is 5.06. The van der Waals surface area contributed by atoms with Crippen LogP contribution in [0.4, 0.5) is 5.82 Å². The number of aromatic nitrogens is 2. The summed E-state index contributed by atoms with van der Waals surface area (Å²) in [6.07, 6.45) is 1.55. The first-order chi connectivity index (χ1) is 8.33. The molecule has 0 saturated heterocycles. The van der Waals surface area contributed by atoms with Gasteiger partial charge in [-0.05, 0) is 41.0 Å². The van der Waals surface area contributed by atoms with Gasteiger partial charge in [0.05, 0.1) is 7.11 Å². The van der Waals surface area contributed by atoms with Crippen molar-refractivity contribution < 1.29 is 4.74 Å². The molecule has 1 aromatic carbocycles. The highest BCUT2D eigenvalue weighted by Gasteiger charge is 2.02. The summed E-state index contributed by atoms with van der Waals surface area (Å²) in [5.74, 6) is 1.57. The highest BCUT2D eigenvalue weighted by atomic mass is 16.5. The van der Waals surface area contributed by atoms with Crippen molar-refractivity contribution in [2.75, 3.05) is 7.11 Å². The molecule has 0 N–H and O–H groups in total. The number of nitrogens with zero attached hydrogens (tertiary/aromatic N) is 5. The largest absolute Gasteiger partial charge is 0.497 e. The highest BCUT2D eigenvalue weighted by molar-refractivity contribution is 5.57. The van der Waals surface area contributed by atoms with E-state index in [1.807, 2.05) is 24.3 Å². The first-order valence-corrected chi connectivity index (χ1v) is 4.86. The number of ether oxygens (including phenoxy) is 1. The molecule has 6 nitrogen and oxygen atoms in total. The van der Waals surface area contributed by atoms with Crippen LogP contribution in [0.1, 0.15) is 0 Å². The average Bonchev–Trinajstić information content (AvgIpc) is 2.40. The van der Waals surface area contributed by atoms with E-state index in [-0.39, 0.29) is 0 Å². The number of hydrogen-bond donors (Lipinski definition) is 0. The molecule has 6 heteroatoms. The normalized spacial score (nSPS) is 9.47. The van der Waals surface area contributed by atoms with Crippen molar-refractivity contribution in [3.8, 4) is 17.1 Å². The van der Waals surface area contributed by atoms with E-state index in [1.165, 1.54) is 0 Å². The molecule has 0 aliphatic carbocycles. The second-order valence-electron chi connectivity index (χ2n) is 3.16. The van der Waals surface area contributed by atoms with Crippen molar-refractivity contribution in [2.24, 2.45) is 5.11 Å². The fourth-order valence-corrected chi connectivity index (χ4v) is 1.33. The minimum atomic E-state index is 0.299. The van der Waals surface area contributed by atoms with Crippen LogP contribution in [0.3, 0.4) is 0 Å². The van der Waals surface area contributed by atoms with Gasteiger partial charge in [-0.2, -0.15) is 0 Å². The third-order valence-corrected chi connectivity index (χ3v) is 2.14. The van der Waals surface area contributed by atoms with E-state index in [9.17, 15) is 0 Å². The minimum absolute atomic E-state index is 0.299. The van der Waals surface area contributed by atoms with Gasteiger partial charge in [0.2, 0.25) is 0 Å². The summed E-state index contributed by atoms with van der Waals surface area (Å²) in [5.41, 5.74) is 9.16. The third-order valence-electron chi connectivity index (χ3n) is 2.14. The second-order valence-corrected chi connectivity index (χ2v) is 3.16. The zero-order valence-electron chi connectivity index (χ0n) is 9.11. The monoisotopic (exact) mass is 227 g/mol. The van der Waals surface area contributed by atoms with Crippen molar-refractivity contribution in [1.82, 2.24) is 9.97 Å². The van der Waals surface area contributed by atoms with Gasteiger partial charge in [-0.25, -0.2) is 9.97 Å². The fourth-order valence-electron chi connectivity index (χ4n) is 1.33. The Balaban J connectivity index is 2.38. The van der Waals surface area contributed by atoms with Crippen LogP contribution in [-0.4, -0.2) is 17.1 Å². The molecule has 0 saturated carbocycles. The smallest absolute Gasteiger partial charge is 0.159 e. The van der Waals surface area contributed by atoms with Crippen LogP contribution in [0.25, 0.3) is 21.8 Å². The summed E-state index contributed by atoms with van der Waals surface area (Å²) in [6, 6.07) is 8.87. The van der Waals surface area contributed by atoms with E-state index in [1.54, 1.807) is 19.4 Å². The molecule has 0 fully saturated rings. The third kappa shape index (κ3) is 2.50. The second kappa shape index (κ2) is 4.96. The van der Waals surface area contributed by atoms with Gasteiger partial charge in [-0.1, -0.05) is 0 Å². The van der Waals surface area contributed by atoms with Crippen molar-refractivity contribution in [3.05, 3.63) is 47.0 Å². The fraction of sp³-hybridized carbons (Fsp3) is 0.0909. The number of methoxy groups -OCH3 is 1.